The minimum atomic E-state index is -0.388. The number of carbonyl (C=O) groups is 1. The summed E-state index contributed by atoms with van der Waals surface area (Å²) < 4.78 is 0. The second kappa shape index (κ2) is 7.46. The monoisotopic (exact) mass is 342 g/mol. The van der Waals surface area contributed by atoms with Gasteiger partial charge in [0.15, 0.2) is 0 Å². The molecule has 1 heterocycles. The van der Waals surface area contributed by atoms with Crippen molar-refractivity contribution in [1.29, 1.82) is 0 Å². The molecule has 1 N–H and O–H groups in total. The standard InChI is InChI=1S/C21H30N2O2/c24-20(10-9-16-5-1-2-6-16)23-13-11-22(12-14-23)19-15-17-7-3-4-8-18(17)21(19)25/h3-4,7-8,16,19,21,25H,1-2,5-6,9-15H2. The number of fused-ring (bicyclic) bond motifs is 1. The first kappa shape index (κ1) is 17.0. The summed E-state index contributed by atoms with van der Waals surface area (Å²) in [5.41, 5.74) is 2.36. The molecule has 1 aliphatic heterocycles. The van der Waals surface area contributed by atoms with Crippen LogP contribution in [-0.2, 0) is 11.2 Å². The van der Waals surface area contributed by atoms with Gasteiger partial charge in [0.1, 0.15) is 0 Å². The van der Waals surface area contributed by atoms with E-state index in [4.69, 9.17) is 0 Å². The van der Waals surface area contributed by atoms with E-state index in [0.29, 0.717) is 5.91 Å². The Morgan fingerprint density at radius 2 is 1.80 bits per heavy atom. The van der Waals surface area contributed by atoms with E-state index in [1.165, 1.54) is 31.2 Å². The fourth-order valence-corrected chi connectivity index (χ4v) is 4.97. The highest BCUT2D eigenvalue weighted by atomic mass is 16.3. The van der Waals surface area contributed by atoms with Gasteiger partial charge in [0.25, 0.3) is 0 Å². The average molecular weight is 342 g/mol. The maximum absolute atomic E-state index is 12.5. The molecular weight excluding hydrogens is 312 g/mol. The van der Waals surface area contributed by atoms with Crippen molar-refractivity contribution in [3.8, 4) is 0 Å². The molecule has 2 unspecified atom stereocenters. The number of carbonyl (C=O) groups excluding carboxylic acids is 1. The van der Waals surface area contributed by atoms with Crippen LogP contribution < -0.4 is 0 Å². The summed E-state index contributed by atoms with van der Waals surface area (Å²) in [6, 6.07) is 8.40. The molecule has 0 radical (unpaired) electrons. The van der Waals surface area contributed by atoms with E-state index in [9.17, 15) is 9.90 Å². The van der Waals surface area contributed by atoms with Crippen molar-refractivity contribution in [3.63, 3.8) is 0 Å². The molecule has 4 rings (SSSR count). The van der Waals surface area contributed by atoms with Crippen molar-refractivity contribution in [3.05, 3.63) is 35.4 Å². The van der Waals surface area contributed by atoms with Crippen LogP contribution in [0, 0.1) is 5.92 Å². The number of aliphatic hydroxyl groups is 1. The third-order valence-corrected chi connectivity index (χ3v) is 6.54. The molecule has 25 heavy (non-hydrogen) atoms. The van der Waals surface area contributed by atoms with Crippen LogP contribution in [0.2, 0.25) is 0 Å². The van der Waals surface area contributed by atoms with Gasteiger partial charge in [-0.2, -0.15) is 0 Å². The Morgan fingerprint density at radius 3 is 2.52 bits per heavy atom. The van der Waals surface area contributed by atoms with E-state index >= 15 is 0 Å². The molecule has 4 nitrogen and oxygen atoms in total. The van der Waals surface area contributed by atoms with Gasteiger partial charge in [-0.3, -0.25) is 9.69 Å². The third kappa shape index (κ3) is 3.61. The number of hydrogen-bond donors (Lipinski definition) is 1. The zero-order valence-electron chi connectivity index (χ0n) is 15.1. The molecule has 3 aliphatic rings. The van der Waals surface area contributed by atoms with Crippen molar-refractivity contribution >= 4 is 5.91 Å². The van der Waals surface area contributed by atoms with E-state index in [1.54, 1.807) is 0 Å². The number of amides is 1. The van der Waals surface area contributed by atoms with E-state index in [1.807, 2.05) is 17.0 Å². The predicted octanol–water partition coefficient (Wildman–Crippen LogP) is 2.76. The topological polar surface area (TPSA) is 43.8 Å². The summed E-state index contributed by atoms with van der Waals surface area (Å²) in [7, 11) is 0. The first-order chi connectivity index (χ1) is 12.2. The summed E-state index contributed by atoms with van der Waals surface area (Å²) in [4.78, 5) is 16.9. The van der Waals surface area contributed by atoms with Gasteiger partial charge >= 0.3 is 0 Å². The van der Waals surface area contributed by atoms with Crippen LogP contribution in [0.15, 0.2) is 24.3 Å². The number of benzene rings is 1. The molecule has 2 fully saturated rings. The molecule has 0 bridgehead atoms. The molecule has 0 aromatic heterocycles. The normalized spacial score (nSPS) is 27.6. The molecular formula is C21H30N2O2. The average Bonchev–Trinajstić information content (AvgIpc) is 3.28. The van der Waals surface area contributed by atoms with E-state index in [2.05, 4.69) is 17.0 Å². The van der Waals surface area contributed by atoms with Crippen molar-refractivity contribution in [2.75, 3.05) is 26.2 Å². The van der Waals surface area contributed by atoms with Crippen molar-refractivity contribution < 1.29 is 9.90 Å². The van der Waals surface area contributed by atoms with Gasteiger partial charge in [0, 0.05) is 38.6 Å². The van der Waals surface area contributed by atoms with Crippen LogP contribution in [-0.4, -0.2) is 53.0 Å². The van der Waals surface area contributed by atoms with Gasteiger partial charge in [-0.25, -0.2) is 0 Å². The van der Waals surface area contributed by atoms with Gasteiger partial charge in [-0.15, -0.1) is 0 Å². The van der Waals surface area contributed by atoms with Crippen LogP contribution in [0.3, 0.4) is 0 Å². The molecule has 1 aromatic rings. The van der Waals surface area contributed by atoms with Gasteiger partial charge in [0.2, 0.25) is 5.91 Å². The first-order valence-electron chi connectivity index (χ1n) is 10.00. The number of hydrogen-bond acceptors (Lipinski definition) is 3. The molecule has 1 saturated carbocycles. The number of aliphatic hydroxyl groups excluding tert-OH is 1. The Hall–Kier alpha value is -1.39. The maximum Gasteiger partial charge on any atom is 0.222 e. The molecule has 1 amide bonds. The minimum Gasteiger partial charge on any atom is -0.387 e. The summed E-state index contributed by atoms with van der Waals surface area (Å²) >= 11 is 0. The molecule has 1 saturated heterocycles. The Labute approximate surface area is 150 Å². The lowest BCUT2D eigenvalue weighted by Crippen LogP contribution is -2.53. The lowest BCUT2D eigenvalue weighted by molar-refractivity contribution is -0.133. The second-order valence-corrected chi connectivity index (χ2v) is 8.02. The molecule has 136 valence electrons. The van der Waals surface area contributed by atoms with Crippen LogP contribution in [0.4, 0.5) is 0 Å². The summed E-state index contributed by atoms with van der Waals surface area (Å²) in [6.45, 7) is 3.38. The smallest absolute Gasteiger partial charge is 0.222 e. The Bertz CT molecular complexity index is 604. The number of rotatable bonds is 4. The van der Waals surface area contributed by atoms with Crippen molar-refractivity contribution in [1.82, 2.24) is 9.80 Å². The van der Waals surface area contributed by atoms with Gasteiger partial charge in [-0.1, -0.05) is 49.9 Å². The van der Waals surface area contributed by atoms with E-state index in [0.717, 1.165) is 56.9 Å². The Morgan fingerprint density at radius 1 is 1.08 bits per heavy atom. The molecule has 1 aromatic carbocycles. The van der Waals surface area contributed by atoms with Crippen LogP contribution >= 0.6 is 0 Å². The van der Waals surface area contributed by atoms with E-state index < -0.39 is 0 Å². The highest BCUT2D eigenvalue weighted by Gasteiger charge is 2.36. The molecule has 4 heteroatoms. The Kier molecular flexibility index (Phi) is 5.09. The SMILES string of the molecule is O=C(CCC1CCCC1)N1CCN(C2Cc3ccccc3C2O)CC1. The van der Waals surface area contributed by atoms with Crippen molar-refractivity contribution in [2.24, 2.45) is 5.92 Å². The second-order valence-electron chi connectivity index (χ2n) is 8.02. The number of piperazine rings is 1. The summed E-state index contributed by atoms with van der Waals surface area (Å²) in [5.74, 6) is 1.12. The zero-order chi connectivity index (χ0) is 17.2. The maximum atomic E-state index is 12.5. The largest absolute Gasteiger partial charge is 0.387 e. The van der Waals surface area contributed by atoms with Crippen LogP contribution in [0.1, 0.15) is 55.8 Å². The van der Waals surface area contributed by atoms with Crippen LogP contribution in [0.5, 0.6) is 0 Å². The number of nitrogens with zero attached hydrogens (tertiary/aromatic N) is 2. The summed E-state index contributed by atoms with van der Waals surface area (Å²) in [6.07, 6.45) is 7.68. The molecule has 0 spiro atoms. The quantitative estimate of drug-likeness (QED) is 0.915. The Balaban J connectivity index is 1.26. The predicted molar refractivity (Wildman–Crippen MR) is 98.2 cm³/mol. The zero-order valence-corrected chi connectivity index (χ0v) is 15.1. The van der Waals surface area contributed by atoms with Gasteiger partial charge < -0.3 is 10.0 Å². The van der Waals surface area contributed by atoms with Crippen molar-refractivity contribution in [2.45, 2.75) is 57.1 Å². The lowest BCUT2D eigenvalue weighted by Gasteiger charge is -2.39. The first-order valence-corrected chi connectivity index (χ1v) is 10.00. The van der Waals surface area contributed by atoms with Crippen LogP contribution in [0.25, 0.3) is 0 Å². The fraction of sp³-hybridized carbons (Fsp3) is 0.667. The molecule has 2 atom stereocenters. The minimum absolute atomic E-state index is 0.174. The highest BCUT2D eigenvalue weighted by Crippen LogP contribution is 2.34. The highest BCUT2D eigenvalue weighted by molar-refractivity contribution is 5.76. The van der Waals surface area contributed by atoms with E-state index in [-0.39, 0.29) is 12.1 Å². The molecule has 2 aliphatic carbocycles. The van der Waals surface area contributed by atoms with Gasteiger partial charge in [0.05, 0.1) is 6.10 Å². The third-order valence-electron chi connectivity index (χ3n) is 6.54. The summed E-state index contributed by atoms with van der Waals surface area (Å²) in [5, 5.41) is 10.7. The van der Waals surface area contributed by atoms with Gasteiger partial charge in [-0.05, 0) is 29.9 Å². The lowest BCUT2D eigenvalue weighted by atomic mass is 10.0. The fourth-order valence-electron chi connectivity index (χ4n) is 4.97.